The number of hydrogen-bond acceptors (Lipinski definition) is 2. The molecule has 0 radical (unpaired) electrons. The van der Waals surface area contributed by atoms with Gasteiger partial charge >= 0.3 is 23.1 Å². The molecule has 0 saturated heterocycles. The van der Waals surface area contributed by atoms with Crippen LogP contribution in [0.4, 0.5) is 0 Å². The predicted molar refractivity (Wildman–Crippen MR) is 66.5 cm³/mol. The van der Waals surface area contributed by atoms with Gasteiger partial charge in [0.25, 0.3) is 0 Å². The van der Waals surface area contributed by atoms with Crippen LogP contribution in [0.5, 0.6) is 0 Å². The summed E-state index contributed by atoms with van der Waals surface area (Å²) >= 11 is 0. The fourth-order valence-electron chi connectivity index (χ4n) is 0.971. The number of unbranched alkanes of at least 4 members (excludes halogenated alkanes) is 6. The Kier molecular flexibility index (Phi) is 33.8. The Bertz CT molecular complexity index is 62.0. The molecule has 0 aliphatic heterocycles. The minimum absolute atomic E-state index is 0. The quantitative estimate of drug-likeness (QED) is 0.375. The van der Waals surface area contributed by atoms with Crippen LogP contribution in [0.15, 0.2) is 0 Å². The molecule has 0 unspecified atom stereocenters. The van der Waals surface area contributed by atoms with E-state index in [1.54, 1.807) is 0 Å². The Hall–Kier alpha value is 0.686. The van der Waals surface area contributed by atoms with E-state index in [0.717, 1.165) is 25.7 Å². The first kappa shape index (κ1) is 21.0. The van der Waals surface area contributed by atoms with E-state index in [0.29, 0.717) is 0 Å². The predicted octanol–water partition coefficient (Wildman–Crippen LogP) is 3.82. The van der Waals surface area contributed by atoms with Gasteiger partial charge in [-0.15, -0.1) is 0 Å². The van der Waals surface area contributed by atoms with Crippen molar-refractivity contribution in [3.05, 3.63) is 13.2 Å². The molecule has 0 aromatic rings. The average molecular weight is 227 g/mol. The molecule has 0 aromatic heterocycles. The van der Waals surface area contributed by atoms with E-state index >= 15 is 0 Å². The average Bonchev–Trinajstić information content (AvgIpc) is 2.21. The van der Waals surface area contributed by atoms with E-state index in [9.17, 15) is 0 Å². The van der Waals surface area contributed by atoms with Crippen molar-refractivity contribution in [3.8, 4) is 0 Å². The molecule has 0 rings (SSSR count). The van der Waals surface area contributed by atoms with E-state index in [-0.39, 0.29) is 23.1 Å². The first-order valence-electron chi connectivity index (χ1n) is 5.75. The van der Waals surface area contributed by atoms with Crippen molar-refractivity contribution < 1.29 is 10.2 Å². The van der Waals surface area contributed by atoms with Crippen LogP contribution >= 0.6 is 0 Å². The molecule has 88 valence electrons. The second kappa shape index (κ2) is 24.1. The molecule has 0 bridgehead atoms. The molecule has 3 heteroatoms. The zero-order valence-electron chi connectivity index (χ0n) is 10.4. The van der Waals surface area contributed by atoms with Gasteiger partial charge in [-0.3, -0.25) is 0 Å². The van der Waals surface area contributed by atoms with E-state index in [1.165, 1.54) is 38.9 Å². The topological polar surface area (TPSA) is 40.5 Å². The second-order valence-electron chi connectivity index (χ2n) is 3.36. The molecule has 0 aliphatic rings. The fraction of sp³-hybridized carbons (Fsp3) is 0.833. The Morgan fingerprint density at radius 1 is 0.733 bits per heavy atom. The largest absolute Gasteiger partial charge is 2.00 e. The molecule has 0 saturated carbocycles. The van der Waals surface area contributed by atoms with Crippen LogP contribution in [0, 0.1) is 13.2 Å². The summed E-state index contributed by atoms with van der Waals surface area (Å²) in [6.07, 6.45) is 8.90. The number of hydrogen-bond donors (Lipinski definition) is 2. The van der Waals surface area contributed by atoms with Gasteiger partial charge in [0, 0.05) is 0 Å². The van der Waals surface area contributed by atoms with Gasteiger partial charge in [-0.1, -0.05) is 52.4 Å². The van der Waals surface area contributed by atoms with Crippen molar-refractivity contribution in [3.63, 3.8) is 0 Å². The molecule has 0 heterocycles. The first-order chi connectivity index (χ1) is 6.83. The van der Waals surface area contributed by atoms with Crippen molar-refractivity contribution in [2.45, 2.75) is 65.2 Å². The van der Waals surface area contributed by atoms with Crippen molar-refractivity contribution in [2.75, 3.05) is 0 Å². The minimum atomic E-state index is 0. The third-order valence-corrected chi connectivity index (χ3v) is 1.87. The molecule has 0 aliphatic carbocycles. The molecule has 0 fully saturated rings. The molecule has 0 aromatic carbocycles. The molecule has 0 spiro atoms. The Morgan fingerprint density at radius 3 is 1.27 bits per heavy atom. The number of rotatable bonds is 8. The molecule has 0 amide bonds. The van der Waals surface area contributed by atoms with Crippen LogP contribution in [-0.4, -0.2) is 33.3 Å². The SMILES string of the molecule is CCCCC[CH-]O.CCCCC[CH-]O.[Mg+2]. The standard InChI is InChI=1S/2C6H13O.Mg/c2*1-2-3-4-5-6-7;/h2*6-7H,2-5H2,1H3;/q2*-1;+2. The maximum atomic E-state index is 8.17. The van der Waals surface area contributed by atoms with Crippen molar-refractivity contribution in [1.29, 1.82) is 0 Å². The van der Waals surface area contributed by atoms with Gasteiger partial charge < -0.3 is 10.2 Å². The Morgan fingerprint density at radius 2 is 1.07 bits per heavy atom. The van der Waals surface area contributed by atoms with Crippen LogP contribution in [0.2, 0.25) is 0 Å². The van der Waals surface area contributed by atoms with Crippen LogP contribution in [0.3, 0.4) is 0 Å². The molecule has 0 atom stereocenters. The van der Waals surface area contributed by atoms with Crippen LogP contribution in [-0.2, 0) is 0 Å². The third-order valence-electron chi connectivity index (χ3n) is 1.87. The fourth-order valence-corrected chi connectivity index (χ4v) is 0.971. The van der Waals surface area contributed by atoms with Gasteiger partial charge in [0.05, 0.1) is 0 Å². The van der Waals surface area contributed by atoms with Crippen molar-refractivity contribution >= 4 is 23.1 Å². The van der Waals surface area contributed by atoms with Gasteiger partial charge in [-0.05, 0) is 0 Å². The van der Waals surface area contributed by atoms with Crippen LogP contribution in [0.25, 0.3) is 0 Å². The summed E-state index contributed by atoms with van der Waals surface area (Å²) in [5.41, 5.74) is 0. The smallest absolute Gasteiger partial charge is 0.566 e. The number of aliphatic hydroxyl groups excluding tert-OH is 2. The summed E-state index contributed by atoms with van der Waals surface area (Å²) < 4.78 is 0. The van der Waals surface area contributed by atoms with Gasteiger partial charge in [0.1, 0.15) is 0 Å². The maximum absolute atomic E-state index is 8.17. The van der Waals surface area contributed by atoms with Crippen LogP contribution in [0.1, 0.15) is 65.2 Å². The van der Waals surface area contributed by atoms with Gasteiger partial charge in [-0.25, -0.2) is 13.2 Å². The summed E-state index contributed by atoms with van der Waals surface area (Å²) in [4.78, 5) is 0. The minimum Gasteiger partial charge on any atom is -0.566 e. The van der Waals surface area contributed by atoms with E-state index in [4.69, 9.17) is 10.2 Å². The second-order valence-corrected chi connectivity index (χ2v) is 3.36. The zero-order chi connectivity index (χ0) is 11.1. The van der Waals surface area contributed by atoms with E-state index in [2.05, 4.69) is 13.8 Å². The Labute approximate surface area is 112 Å². The summed E-state index contributed by atoms with van der Waals surface area (Å²) in [6.45, 7) is 6.76. The molecule has 2 nitrogen and oxygen atoms in total. The third kappa shape index (κ3) is 31.3. The van der Waals surface area contributed by atoms with Gasteiger partial charge in [-0.2, -0.15) is 12.8 Å². The monoisotopic (exact) mass is 226 g/mol. The summed E-state index contributed by atoms with van der Waals surface area (Å²) in [6, 6.07) is 0. The first-order valence-corrected chi connectivity index (χ1v) is 5.75. The molecule has 2 N–H and O–H groups in total. The molecular formula is C12H26MgO2. The summed E-state index contributed by atoms with van der Waals surface area (Å²) in [7, 11) is 0. The summed E-state index contributed by atoms with van der Waals surface area (Å²) in [5.74, 6) is 0. The van der Waals surface area contributed by atoms with Crippen molar-refractivity contribution in [1.82, 2.24) is 0 Å². The van der Waals surface area contributed by atoms with Crippen molar-refractivity contribution in [2.24, 2.45) is 0 Å². The Balaban J connectivity index is -0.000000180. The van der Waals surface area contributed by atoms with Gasteiger partial charge in [0.2, 0.25) is 0 Å². The normalized spacial score (nSPS) is 8.80. The zero-order valence-corrected chi connectivity index (χ0v) is 11.8. The molecular weight excluding hydrogens is 200 g/mol. The molecule has 15 heavy (non-hydrogen) atoms. The van der Waals surface area contributed by atoms with Gasteiger partial charge in [0.15, 0.2) is 0 Å². The van der Waals surface area contributed by atoms with Crippen LogP contribution < -0.4 is 0 Å². The maximum Gasteiger partial charge on any atom is 2.00 e. The van der Waals surface area contributed by atoms with E-state index in [1.807, 2.05) is 0 Å². The summed E-state index contributed by atoms with van der Waals surface area (Å²) in [5, 5.41) is 16.3. The van der Waals surface area contributed by atoms with E-state index < -0.39 is 0 Å². The number of aliphatic hydroxyl groups is 2.